The first-order valence-electron chi connectivity index (χ1n) is 4.96. The third kappa shape index (κ3) is 11.3. The minimum atomic E-state index is -1.80. The van der Waals surface area contributed by atoms with E-state index in [1.54, 1.807) is 0 Å². The molecule has 0 unspecified atom stereocenters. The summed E-state index contributed by atoms with van der Waals surface area (Å²) in [4.78, 5) is 11.2. The summed E-state index contributed by atoms with van der Waals surface area (Å²) in [7, 11) is -3.32. The molecular weight excluding hydrogens is 224 g/mol. The molecular formula is C10H20O3Si2. The summed E-state index contributed by atoms with van der Waals surface area (Å²) in [5, 5.41) is 0. The van der Waals surface area contributed by atoms with E-state index in [0.717, 1.165) is 0 Å². The van der Waals surface area contributed by atoms with Crippen LogP contribution in [-0.2, 0) is 13.6 Å². The van der Waals surface area contributed by atoms with Crippen molar-refractivity contribution in [2.24, 2.45) is 0 Å². The largest absolute Gasteiger partial charge is 0.511 e. The van der Waals surface area contributed by atoms with Crippen LogP contribution in [0.3, 0.4) is 0 Å². The van der Waals surface area contributed by atoms with Crippen LogP contribution in [0.1, 0.15) is 0 Å². The Balaban J connectivity index is 3.94. The predicted octanol–water partition coefficient (Wildman–Crippen LogP) is 2.22. The van der Waals surface area contributed by atoms with Crippen LogP contribution < -0.4 is 0 Å². The van der Waals surface area contributed by atoms with Crippen LogP contribution in [-0.4, -0.2) is 29.2 Å². The fourth-order valence-electron chi connectivity index (χ4n) is 0.664. The maximum absolute atomic E-state index is 11.2. The van der Waals surface area contributed by atoms with Gasteiger partial charge in [-0.3, -0.25) is 0 Å². The highest BCUT2D eigenvalue weighted by molar-refractivity contribution is 6.71. The highest BCUT2D eigenvalue weighted by atomic mass is 28.4. The van der Waals surface area contributed by atoms with Gasteiger partial charge in [0.2, 0.25) is 8.32 Å². The van der Waals surface area contributed by atoms with E-state index in [9.17, 15) is 4.79 Å². The Morgan fingerprint density at radius 1 is 1.07 bits per heavy atom. The molecule has 0 aromatic rings. The van der Waals surface area contributed by atoms with Crippen molar-refractivity contribution in [2.45, 2.75) is 39.3 Å². The SMILES string of the molecule is C[Si](C)(C)OCC#CC(=O)O[Si](C)(C)C. The van der Waals surface area contributed by atoms with Crippen molar-refractivity contribution in [3.05, 3.63) is 0 Å². The minimum Gasteiger partial charge on any atom is -0.511 e. The van der Waals surface area contributed by atoms with E-state index in [0.29, 0.717) is 6.61 Å². The maximum atomic E-state index is 11.2. The molecule has 0 amide bonds. The first-order valence-corrected chi connectivity index (χ1v) is 11.8. The van der Waals surface area contributed by atoms with Crippen LogP contribution in [0.25, 0.3) is 0 Å². The molecule has 0 rings (SSSR count). The van der Waals surface area contributed by atoms with Crippen LogP contribution in [0, 0.1) is 11.8 Å². The molecule has 0 fully saturated rings. The molecule has 3 nitrogen and oxygen atoms in total. The molecule has 86 valence electrons. The van der Waals surface area contributed by atoms with E-state index in [1.165, 1.54) is 0 Å². The highest BCUT2D eigenvalue weighted by Crippen LogP contribution is 2.02. The second-order valence-corrected chi connectivity index (χ2v) is 14.1. The number of carbonyl (C=O) groups is 1. The average molecular weight is 244 g/mol. The van der Waals surface area contributed by atoms with Crippen molar-refractivity contribution in [1.29, 1.82) is 0 Å². The van der Waals surface area contributed by atoms with E-state index in [4.69, 9.17) is 8.85 Å². The molecule has 0 aliphatic heterocycles. The van der Waals surface area contributed by atoms with Gasteiger partial charge in [-0.15, -0.1) is 0 Å². The average Bonchev–Trinajstić information content (AvgIpc) is 1.92. The molecule has 0 N–H and O–H groups in total. The van der Waals surface area contributed by atoms with Gasteiger partial charge in [0, 0.05) is 5.92 Å². The normalized spacial score (nSPS) is 11.6. The lowest BCUT2D eigenvalue weighted by Gasteiger charge is -2.15. The third-order valence-electron chi connectivity index (χ3n) is 1.17. The molecule has 5 heteroatoms. The summed E-state index contributed by atoms with van der Waals surface area (Å²) < 4.78 is 10.6. The Morgan fingerprint density at radius 3 is 2.00 bits per heavy atom. The smallest absolute Gasteiger partial charge is 0.371 e. The summed E-state index contributed by atoms with van der Waals surface area (Å²) in [6, 6.07) is 0. The number of hydrogen-bond acceptors (Lipinski definition) is 3. The molecule has 0 saturated carbocycles. The molecule has 0 aromatic heterocycles. The third-order valence-corrected chi connectivity index (χ3v) is 2.97. The fourth-order valence-corrected chi connectivity index (χ4v) is 1.78. The Labute approximate surface area is 94.4 Å². The molecule has 15 heavy (non-hydrogen) atoms. The van der Waals surface area contributed by atoms with Gasteiger partial charge in [0.15, 0.2) is 8.32 Å². The van der Waals surface area contributed by atoms with E-state index >= 15 is 0 Å². The maximum Gasteiger partial charge on any atom is 0.371 e. The zero-order valence-corrected chi connectivity index (χ0v) is 12.4. The predicted molar refractivity (Wildman–Crippen MR) is 66.5 cm³/mol. The topological polar surface area (TPSA) is 35.5 Å². The van der Waals surface area contributed by atoms with E-state index in [1.807, 2.05) is 19.6 Å². The van der Waals surface area contributed by atoms with Crippen molar-refractivity contribution in [3.63, 3.8) is 0 Å². The first-order chi connectivity index (χ1) is 6.60. The Hall–Kier alpha value is -0.576. The summed E-state index contributed by atoms with van der Waals surface area (Å²) in [6.07, 6.45) is 0. The van der Waals surface area contributed by atoms with Gasteiger partial charge in [0.1, 0.15) is 0 Å². The van der Waals surface area contributed by atoms with Crippen LogP contribution in [0.5, 0.6) is 0 Å². The van der Waals surface area contributed by atoms with E-state index in [2.05, 4.69) is 31.5 Å². The monoisotopic (exact) mass is 244 g/mol. The lowest BCUT2D eigenvalue weighted by Crippen LogP contribution is -2.28. The zero-order chi connectivity index (χ0) is 12.1. The van der Waals surface area contributed by atoms with E-state index in [-0.39, 0.29) is 0 Å². The van der Waals surface area contributed by atoms with Crippen LogP contribution >= 0.6 is 0 Å². The number of carbonyl (C=O) groups excluding carboxylic acids is 1. The Morgan fingerprint density at radius 2 is 1.60 bits per heavy atom. The van der Waals surface area contributed by atoms with Crippen LogP contribution in [0.4, 0.5) is 0 Å². The lowest BCUT2D eigenvalue weighted by atomic mass is 10.6. The Kier molecular flexibility index (Phi) is 5.28. The molecule has 0 spiro atoms. The molecule has 0 aliphatic carbocycles. The summed E-state index contributed by atoms with van der Waals surface area (Å²) in [6.45, 7) is 12.4. The Bertz CT molecular complexity index is 276. The highest BCUT2D eigenvalue weighted by Gasteiger charge is 2.18. The zero-order valence-electron chi connectivity index (χ0n) is 10.4. The van der Waals surface area contributed by atoms with Gasteiger partial charge >= 0.3 is 5.97 Å². The first kappa shape index (κ1) is 14.4. The van der Waals surface area contributed by atoms with Crippen molar-refractivity contribution in [3.8, 4) is 11.8 Å². The van der Waals surface area contributed by atoms with Crippen molar-refractivity contribution in [1.82, 2.24) is 0 Å². The van der Waals surface area contributed by atoms with Gasteiger partial charge in [-0.25, -0.2) is 4.79 Å². The van der Waals surface area contributed by atoms with Crippen molar-refractivity contribution >= 4 is 22.6 Å². The van der Waals surface area contributed by atoms with E-state index < -0.39 is 22.6 Å². The lowest BCUT2D eigenvalue weighted by molar-refractivity contribution is -0.128. The van der Waals surface area contributed by atoms with Crippen LogP contribution in [0.2, 0.25) is 39.3 Å². The molecule has 0 aliphatic rings. The standard InChI is InChI=1S/C10H20O3Si2/c1-14(2,3)12-9-7-8-10(11)13-15(4,5)6/h9H2,1-6H3. The molecule has 0 heterocycles. The van der Waals surface area contributed by atoms with Gasteiger partial charge in [-0.2, -0.15) is 0 Å². The van der Waals surface area contributed by atoms with Gasteiger partial charge in [-0.05, 0) is 39.3 Å². The number of hydrogen-bond donors (Lipinski definition) is 0. The number of rotatable bonds is 3. The summed E-state index contributed by atoms with van der Waals surface area (Å²) in [5.74, 6) is 4.67. The van der Waals surface area contributed by atoms with Gasteiger partial charge in [0.25, 0.3) is 0 Å². The second kappa shape index (κ2) is 5.49. The second-order valence-electron chi connectivity index (χ2n) is 5.20. The molecule has 0 atom stereocenters. The molecule has 0 radical (unpaired) electrons. The molecule has 0 aromatic carbocycles. The van der Waals surface area contributed by atoms with Crippen LogP contribution in [0.15, 0.2) is 0 Å². The van der Waals surface area contributed by atoms with Crippen molar-refractivity contribution < 1.29 is 13.6 Å². The van der Waals surface area contributed by atoms with Crippen molar-refractivity contribution in [2.75, 3.05) is 6.61 Å². The minimum absolute atomic E-state index is 0.316. The molecule has 0 bridgehead atoms. The van der Waals surface area contributed by atoms with Gasteiger partial charge in [-0.1, -0.05) is 5.92 Å². The quantitative estimate of drug-likeness (QED) is 0.564. The van der Waals surface area contributed by atoms with Gasteiger partial charge in [0.05, 0.1) is 6.61 Å². The summed E-state index contributed by atoms with van der Waals surface area (Å²) in [5.41, 5.74) is 0. The van der Waals surface area contributed by atoms with Gasteiger partial charge < -0.3 is 8.85 Å². The summed E-state index contributed by atoms with van der Waals surface area (Å²) >= 11 is 0. The molecule has 0 saturated heterocycles. The fraction of sp³-hybridized carbons (Fsp3) is 0.700.